The van der Waals surface area contributed by atoms with E-state index in [1.165, 1.54) is 130 Å². The zero-order valence-electron chi connectivity index (χ0n) is 33.4. The van der Waals surface area contributed by atoms with Gasteiger partial charge >= 0.3 is 0 Å². The largest absolute Gasteiger partial charge is 0.135 e. The number of hydrogen-bond donors (Lipinski definition) is 0. The molecule has 0 fully saturated rings. The van der Waals surface area contributed by atoms with E-state index in [2.05, 4.69) is 208 Å². The second-order valence-corrected chi connectivity index (χ2v) is 18.2. The molecule has 11 aromatic carbocycles. The molecule has 60 heavy (non-hydrogen) atoms. The molecule has 0 saturated carbocycles. The number of rotatable bonds is 3. The van der Waals surface area contributed by atoms with Crippen molar-refractivity contribution in [2.75, 3.05) is 0 Å². The summed E-state index contributed by atoms with van der Waals surface area (Å²) in [5.41, 5.74) is 13.1. The molecule has 0 saturated heterocycles. The third-order valence-electron chi connectivity index (χ3n) is 13.6. The fourth-order valence-corrected chi connectivity index (χ4v) is 11.9. The van der Waals surface area contributed by atoms with E-state index in [0.717, 1.165) is 0 Å². The third kappa shape index (κ3) is 4.79. The maximum absolute atomic E-state index is 2.50. The highest BCUT2D eigenvalue weighted by molar-refractivity contribution is 7.26. The average molecular weight is 779 g/mol. The number of thiophene rings is 1. The number of fused-ring (bicyclic) bond motifs is 12. The van der Waals surface area contributed by atoms with Crippen molar-refractivity contribution in [2.24, 2.45) is 0 Å². The molecule has 13 rings (SSSR count). The number of benzene rings is 11. The summed E-state index contributed by atoms with van der Waals surface area (Å²) in [6.45, 7) is 4.79. The van der Waals surface area contributed by atoms with Crippen molar-refractivity contribution in [3.05, 3.63) is 205 Å². The first-order valence-electron chi connectivity index (χ1n) is 21.0. The highest BCUT2D eigenvalue weighted by Gasteiger charge is 2.36. The Kier molecular flexibility index (Phi) is 7.04. The summed E-state index contributed by atoms with van der Waals surface area (Å²) in [6, 6.07) is 73.0. The van der Waals surface area contributed by atoms with E-state index < -0.39 is 0 Å². The summed E-state index contributed by atoms with van der Waals surface area (Å²) in [4.78, 5) is 0. The van der Waals surface area contributed by atoms with Gasteiger partial charge in [0.1, 0.15) is 0 Å². The van der Waals surface area contributed by atoms with Crippen LogP contribution in [0.25, 0.3) is 119 Å². The fourth-order valence-electron chi connectivity index (χ4n) is 10.7. The van der Waals surface area contributed by atoms with Gasteiger partial charge in [-0.25, -0.2) is 0 Å². The minimum atomic E-state index is -0.0859. The highest BCUT2D eigenvalue weighted by Crippen LogP contribution is 2.52. The van der Waals surface area contributed by atoms with Gasteiger partial charge in [-0.2, -0.15) is 0 Å². The van der Waals surface area contributed by atoms with Crippen molar-refractivity contribution in [1.29, 1.82) is 0 Å². The van der Waals surface area contributed by atoms with E-state index in [0.29, 0.717) is 0 Å². The molecule has 0 aliphatic heterocycles. The molecule has 0 spiro atoms. The Hall–Kier alpha value is -7.06. The lowest BCUT2D eigenvalue weighted by Gasteiger charge is -2.22. The topological polar surface area (TPSA) is 0 Å². The molecule has 1 aromatic heterocycles. The van der Waals surface area contributed by atoms with Crippen LogP contribution in [0.2, 0.25) is 0 Å². The molecule has 12 aromatic rings. The second-order valence-electron chi connectivity index (χ2n) is 17.2. The van der Waals surface area contributed by atoms with Gasteiger partial charge in [-0.1, -0.05) is 172 Å². The van der Waals surface area contributed by atoms with Gasteiger partial charge < -0.3 is 0 Å². The van der Waals surface area contributed by atoms with Crippen molar-refractivity contribution in [3.63, 3.8) is 0 Å². The Balaban J connectivity index is 0.925. The molecule has 1 aliphatic rings. The Labute approximate surface area is 352 Å². The second kappa shape index (κ2) is 12.5. The predicted octanol–water partition coefficient (Wildman–Crippen LogP) is 17.1. The lowest BCUT2D eigenvalue weighted by molar-refractivity contribution is 0.661. The lowest BCUT2D eigenvalue weighted by atomic mass is 9.81. The summed E-state index contributed by atoms with van der Waals surface area (Å²) in [5.74, 6) is 0. The molecular formula is C59H38S. The van der Waals surface area contributed by atoms with Gasteiger partial charge in [0.05, 0.1) is 0 Å². The van der Waals surface area contributed by atoms with Crippen LogP contribution < -0.4 is 0 Å². The van der Waals surface area contributed by atoms with Crippen LogP contribution in [0.1, 0.15) is 25.0 Å². The van der Waals surface area contributed by atoms with E-state index >= 15 is 0 Å². The first-order chi connectivity index (χ1) is 29.5. The SMILES string of the molecule is CC1(C)c2ccc(-c3ccc4cc(-c5c6ccccc6c(-c6cccc7ccccc67)c6ccccc56)ccc4c3)cc2-c2cc3ccc4c5ccccc5sc4c3cc21. The van der Waals surface area contributed by atoms with Crippen molar-refractivity contribution in [2.45, 2.75) is 19.3 Å². The molecular weight excluding hydrogens is 741 g/mol. The molecule has 1 heterocycles. The Morgan fingerprint density at radius 2 is 0.883 bits per heavy atom. The molecule has 0 amide bonds. The van der Waals surface area contributed by atoms with Crippen molar-refractivity contribution >= 4 is 85.4 Å². The van der Waals surface area contributed by atoms with Crippen LogP contribution in [0.15, 0.2) is 194 Å². The smallest absolute Gasteiger partial charge is 0.0433 e. The molecule has 0 N–H and O–H groups in total. The van der Waals surface area contributed by atoms with E-state index in [-0.39, 0.29) is 5.41 Å². The standard InChI is InChI=1S/C59H38S/c1-59(2)53-29-27-39(32-51(53)52-33-40-26-28-49-43-15-9-10-21-55(43)60-58(49)50(40)34-54(52)59)37-22-23-38-31-41(25-24-36(38)30-37)56-45-16-5-7-18-47(45)57(48-19-8-6-17-46(48)56)44-20-11-13-35-12-3-4-14-42(35)44/h3-34H,1-2H3. The van der Waals surface area contributed by atoms with Crippen LogP contribution in [0.4, 0.5) is 0 Å². The van der Waals surface area contributed by atoms with Crippen molar-refractivity contribution in [1.82, 2.24) is 0 Å². The third-order valence-corrected chi connectivity index (χ3v) is 14.8. The van der Waals surface area contributed by atoms with E-state index in [1.54, 1.807) is 0 Å². The average Bonchev–Trinajstić information content (AvgIpc) is 3.78. The van der Waals surface area contributed by atoms with Crippen LogP contribution >= 0.6 is 11.3 Å². The summed E-state index contributed by atoms with van der Waals surface area (Å²) in [7, 11) is 0. The highest BCUT2D eigenvalue weighted by atomic mass is 32.1. The quantitative estimate of drug-likeness (QED) is 0.157. The van der Waals surface area contributed by atoms with Gasteiger partial charge in [-0.3, -0.25) is 0 Å². The summed E-state index contributed by atoms with van der Waals surface area (Å²) < 4.78 is 2.75. The molecule has 0 nitrogen and oxygen atoms in total. The number of hydrogen-bond acceptors (Lipinski definition) is 1. The van der Waals surface area contributed by atoms with Crippen LogP contribution in [0, 0.1) is 0 Å². The summed E-state index contributed by atoms with van der Waals surface area (Å²) >= 11 is 1.92. The van der Waals surface area contributed by atoms with Gasteiger partial charge in [-0.05, 0) is 146 Å². The van der Waals surface area contributed by atoms with E-state index in [9.17, 15) is 0 Å². The van der Waals surface area contributed by atoms with Crippen LogP contribution in [-0.2, 0) is 5.41 Å². The van der Waals surface area contributed by atoms with E-state index in [4.69, 9.17) is 0 Å². The zero-order valence-corrected chi connectivity index (χ0v) is 34.2. The Morgan fingerprint density at radius 3 is 1.65 bits per heavy atom. The predicted molar refractivity (Wildman–Crippen MR) is 261 cm³/mol. The monoisotopic (exact) mass is 778 g/mol. The molecule has 1 heteroatoms. The minimum absolute atomic E-state index is 0.0859. The van der Waals surface area contributed by atoms with Crippen LogP contribution in [0.3, 0.4) is 0 Å². The maximum atomic E-state index is 2.50. The van der Waals surface area contributed by atoms with Gasteiger partial charge in [-0.15, -0.1) is 11.3 Å². The minimum Gasteiger partial charge on any atom is -0.135 e. The van der Waals surface area contributed by atoms with Crippen molar-refractivity contribution in [3.8, 4) is 44.5 Å². The normalized spacial score (nSPS) is 13.3. The first-order valence-corrected chi connectivity index (χ1v) is 21.8. The Bertz CT molecular complexity index is 3740. The van der Waals surface area contributed by atoms with Gasteiger partial charge in [0, 0.05) is 25.6 Å². The first kappa shape index (κ1) is 33.9. The lowest BCUT2D eigenvalue weighted by Crippen LogP contribution is -2.14. The summed E-state index contributed by atoms with van der Waals surface area (Å²) in [5, 5.41) is 15.5. The molecule has 1 aliphatic carbocycles. The zero-order chi connectivity index (χ0) is 39.7. The van der Waals surface area contributed by atoms with Gasteiger partial charge in [0.25, 0.3) is 0 Å². The van der Waals surface area contributed by atoms with Gasteiger partial charge in [0.15, 0.2) is 0 Å². The maximum Gasteiger partial charge on any atom is 0.0433 e. The Morgan fingerprint density at radius 1 is 0.317 bits per heavy atom. The summed E-state index contributed by atoms with van der Waals surface area (Å²) in [6.07, 6.45) is 0. The molecule has 0 unspecified atom stereocenters. The van der Waals surface area contributed by atoms with Crippen LogP contribution in [0.5, 0.6) is 0 Å². The fraction of sp³-hybridized carbons (Fsp3) is 0.0508. The van der Waals surface area contributed by atoms with Crippen LogP contribution in [-0.4, -0.2) is 0 Å². The van der Waals surface area contributed by atoms with Crippen molar-refractivity contribution < 1.29 is 0 Å². The van der Waals surface area contributed by atoms with Gasteiger partial charge in [0.2, 0.25) is 0 Å². The van der Waals surface area contributed by atoms with E-state index in [1.807, 2.05) is 11.3 Å². The molecule has 0 bridgehead atoms. The molecule has 280 valence electrons. The molecule has 0 radical (unpaired) electrons. The molecule has 0 atom stereocenters.